The predicted molar refractivity (Wildman–Crippen MR) is 77.7 cm³/mol. The highest BCUT2D eigenvalue weighted by atomic mass is 16.5. The molecule has 0 saturated carbocycles. The molecule has 2 N–H and O–H groups in total. The standard InChI is InChI=1S/C15H19N3O3/c1-11-4-3-5-13(12(11)2)21-10-15(20)18-9-8-17-14(19)6-7-16/h3-5H,6,8-10H2,1-2H3,(H,17,19)(H,18,20). The van der Waals surface area contributed by atoms with Crippen LogP contribution in [-0.4, -0.2) is 31.5 Å². The maximum absolute atomic E-state index is 11.6. The maximum atomic E-state index is 11.6. The van der Waals surface area contributed by atoms with Gasteiger partial charge in [0.05, 0.1) is 6.07 Å². The van der Waals surface area contributed by atoms with Crippen LogP contribution >= 0.6 is 0 Å². The van der Waals surface area contributed by atoms with E-state index in [1.54, 1.807) is 6.07 Å². The third kappa shape index (κ3) is 5.95. The minimum absolute atomic E-state index is 0.0730. The van der Waals surface area contributed by atoms with E-state index in [4.69, 9.17) is 10.00 Å². The summed E-state index contributed by atoms with van der Waals surface area (Å²) in [4.78, 5) is 22.6. The van der Waals surface area contributed by atoms with E-state index in [1.807, 2.05) is 32.0 Å². The van der Waals surface area contributed by atoms with Crippen LogP contribution in [0.4, 0.5) is 0 Å². The van der Waals surface area contributed by atoms with Crippen molar-refractivity contribution in [1.82, 2.24) is 10.6 Å². The molecule has 6 heteroatoms. The second-order valence-electron chi connectivity index (χ2n) is 4.52. The zero-order chi connectivity index (χ0) is 15.7. The van der Waals surface area contributed by atoms with Crippen molar-refractivity contribution in [3.05, 3.63) is 29.3 Å². The topological polar surface area (TPSA) is 91.2 Å². The van der Waals surface area contributed by atoms with Crippen molar-refractivity contribution in [1.29, 1.82) is 5.26 Å². The van der Waals surface area contributed by atoms with Gasteiger partial charge in [0.1, 0.15) is 12.2 Å². The summed E-state index contributed by atoms with van der Waals surface area (Å²) >= 11 is 0. The first-order valence-electron chi connectivity index (χ1n) is 6.64. The van der Waals surface area contributed by atoms with Crippen LogP contribution in [0, 0.1) is 25.2 Å². The average molecular weight is 289 g/mol. The molecule has 0 bridgehead atoms. The van der Waals surface area contributed by atoms with E-state index in [0.717, 1.165) is 11.1 Å². The van der Waals surface area contributed by atoms with Gasteiger partial charge in [0.2, 0.25) is 5.91 Å². The number of carbonyl (C=O) groups is 2. The van der Waals surface area contributed by atoms with Gasteiger partial charge < -0.3 is 15.4 Å². The molecule has 0 spiro atoms. The van der Waals surface area contributed by atoms with E-state index in [9.17, 15) is 9.59 Å². The largest absolute Gasteiger partial charge is 0.483 e. The van der Waals surface area contributed by atoms with Crippen molar-refractivity contribution in [3.63, 3.8) is 0 Å². The van der Waals surface area contributed by atoms with Crippen molar-refractivity contribution in [2.24, 2.45) is 0 Å². The van der Waals surface area contributed by atoms with E-state index < -0.39 is 0 Å². The molecule has 0 unspecified atom stereocenters. The average Bonchev–Trinajstić information content (AvgIpc) is 2.45. The van der Waals surface area contributed by atoms with Crippen molar-refractivity contribution in [2.45, 2.75) is 20.3 Å². The fraction of sp³-hybridized carbons (Fsp3) is 0.400. The van der Waals surface area contributed by atoms with E-state index in [0.29, 0.717) is 12.3 Å². The zero-order valence-corrected chi connectivity index (χ0v) is 12.2. The Hall–Kier alpha value is -2.55. The number of amides is 2. The molecule has 0 fully saturated rings. The fourth-order valence-corrected chi connectivity index (χ4v) is 1.61. The molecule has 21 heavy (non-hydrogen) atoms. The van der Waals surface area contributed by atoms with Crippen molar-refractivity contribution in [2.75, 3.05) is 19.7 Å². The number of rotatable bonds is 7. The molecular weight excluding hydrogens is 270 g/mol. The molecule has 1 aromatic carbocycles. The second-order valence-corrected chi connectivity index (χ2v) is 4.52. The Morgan fingerprint density at radius 1 is 1.19 bits per heavy atom. The van der Waals surface area contributed by atoms with Crippen LogP contribution in [0.2, 0.25) is 0 Å². The number of nitrogens with zero attached hydrogens (tertiary/aromatic N) is 1. The van der Waals surface area contributed by atoms with Crippen LogP contribution in [-0.2, 0) is 9.59 Å². The minimum atomic E-state index is -0.349. The number of nitriles is 1. The normalized spacial score (nSPS) is 9.57. The third-order valence-electron chi connectivity index (χ3n) is 2.92. The molecule has 0 heterocycles. The summed E-state index contributed by atoms with van der Waals surface area (Å²) in [5.41, 5.74) is 2.11. The maximum Gasteiger partial charge on any atom is 0.258 e. The summed E-state index contributed by atoms with van der Waals surface area (Å²) in [5, 5.41) is 13.4. The number of benzene rings is 1. The van der Waals surface area contributed by atoms with Crippen LogP contribution in [0.15, 0.2) is 18.2 Å². The first kappa shape index (κ1) is 16.5. The van der Waals surface area contributed by atoms with E-state index in [2.05, 4.69) is 10.6 Å². The summed E-state index contributed by atoms with van der Waals surface area (Å²) < 4.78 is 5.45. The number of nitrogens with one attached hydrogen (secondary N) is 2. The Morgan fingerprint density at radius 3 is 2.52 bits per heavy atom. The molecule has 0 aliphatic heterocycles. The molecule has 1 rings (SSSR count). The van der Waals surface area contributed by atoms with Gasteiger partial charge in [-0.2, -0.15) is 5.26 Å². The van der Waals surface area contributed by atoms with Crippen LogP contribution in [0.1, 0.15) is 17.5 Å². The lowest BCUT2D eigenvalue weighted by Crippen LogP contribution is -2.36. The van der Waals surface area contributed by atoms with Gasteiger partial charge in [0.25, 0.3) is 5.91 Å². The van der Waals surface area contributed by atoms with Crippen LogP contribution in [0.3, 0.4) is 0 Å². The number of aryl methyl sites for hydroxylation is 1. The van der Waals surface area contributed by atoms with Gasteiger partial charge in [-0.3, -0.25) is 9.59 Å². The summed E-state index contributed by atoms with van der Waals surface area (Å²) in [6.45, 7) is 4.43. The molecule has 0 atom stereocenters. The summed E-state index contributed by atoms with van der Waals surface area (Å²) in [7, 11) is 0. The number of ether oxygens (including phenoxy) is 1. The highest BCUT2D eigenvalue weighted by molar-refractivity contribution is 5.79. The SMILES string of the molecule is Cc1cccc(OCC(=O)NCCNC(=O)CC#N)c1C. The van der Waals surface area contributed by atoms with Gasteiger partial charge in [-0.1, -0.05) is 12.1 Å². The zero-order valence-electron chi connectivity index (χ0n) is 12.2. The monoisotopic (exact) mass is 289 g/mol. The van der Waals surface area contributed by atoms with Crippen LogP contribution in [0.5, 0.6) is 5.75 Å². The van der Waals surface area contributed by atoms with Gasteiger partial charge in [0, 0.05) is 13.1 Å². The van der Waals surface area contributed by atoms with Crippen LogP contribution in [0.25, 0.3) is 0 Å². The molecule has 1 aromatic rings. The smallest absolute Gasteiger partial charge is 0.258 e. The summed E-state index contributed by atoms with van der Waals surface area (Å²) in [5.74, 6) is 0.0799. The molecule has 112 valence electrons. The molecule has 6 nitrogen and oxygen atoms in total. The second kappa shape index (κ2) is 8.59. The van der Waals surface area contributed by atoms with Crippen molar-refractivity contribution < 1.29 is 14.3 Å². The highest BCUT2D eigenvalue weighted by Gasteiger charge is 2.06. The Bertz CT molecular complexity index is 550. The van der Waals surface area contributed by atoms with Gasteiger partial charge in [-0.05, 0) is 31.0 Å². The Labute approximate surface area is 124 Å². The molecule has 0 aliphatic rings. The quantitative estimate of drug-likeness (QED) is 0.727. The molecule has 0 aromatic heterocycles. The lowest BCUT2D eigenvalue weighted by Gasteiger charge is -2.11. The lowest BCUT2D eigenvalue weighted by atomic mass is 10.1. The van der Waals surface area contributed by atoms with Crippen molar-refractivity contribution in [3.8, 4) is 11.8 Å². The highest BCUT2D eigenvalue weighted by Crippen LogP contribution is 2.20. The fourth-order valence-electron chi connectivity index (χ4n) is 1.61. The third-order valence-corrected chi connectivity index (χ3v) is 2.92. The van der Waals surface area contributed by atoms with Gasteiger partial charge in [0.15, 0.2) is 6.61 Å². The Balaban J connectivity index is 2.24. The van der Waals surface area contributed by atoms with Crippen LogP contribution < -0.4 is 15.4 Å². The van der Waals surface area contributed by atoms with E-state index >= 15 is 0 Å². The molecular formula is C15H19N3O3. The number of carbonyl (C=O) groups excluding carboxylic acids is 2. The number of hydrogen-bond acceptors (Lipinski definition) is 4. The van der Waals surface area contributed by atoms with Gasteiger partial charge >= 0.3 is 0 Å². The summed E-state index contributed by atoms with van der Waals surface area (Å²) in [6.07, 6.45) is -0.177. The van der Waals surface area contributed by atoms with Crippen molar-refractivity contribution >= 4 is 11.8 Å². The minimum Gasteiger partial charge on any atom is -0.483 e. The molecule has 0 radical (unpaired) electrons. The lowest BCUT2D eigenvalue weighted by molar-refractivity contribution is -0.123. The first-order valence-corrected chi connectivity index (χ1v) is 6.64. The molecule has 2 amide bonds. The number of hydrogen-bond donors (Lipinski definition) is 2. The molecule has 0 saturated heterocycles. The van der Waals surface area contributed by atoms with E-state index in [-0.39, 0.29) is 31.4 Å². The predicted octanol–water partition coefficient (Wildman–Crippen LogP) is 0.828. The first-order chi connectivity index (χ1) is 10.0. The van der Waals surface area contributed by atoms with Gasteiger partial charge in [-0.25, -0.2) is 0 Å². The summed E-state index contributed by atoms with van der Waals surface area (Å²) in [6, 6.07) is 7.42. The molecule has 0 aliphatic carbocycles. The Kier molecular flexibility index (Phi) is 6.75. The Morgan fingerprint density at radius 2 is 1.86 bits per heavy atom. The van der Waals surface area contributed by atoms with E-state index in [1.165, 1.54) is 0 Å². The van der Waals surface area contributed by atoms with Gasteiger partial charge in [-0.15, -0.1) is 0 Å².